The van der Waals surface area contributed by atoms with Gasteiger partial charge in [0.25, 0.3) is 5.91 Å². The Bertz CT molecular complexity index is 1730. The van der Waals surface area contributed by atoms with E-state index in [1.165, 1.54) is 11.0 Å². The number of ether oxygens (including phenoxy) is 2. The number of fused-ring (bicyclic) bond motifs is 1. The minimum atomic E-state index is -0.458. The summed E-state index contributed by atoms with van der Waals surface area (Å²) in [6.07, 6.45) is 4.77. The van der Waals surface area contributed by atoms with Gasteiger partial charge < -0.3 is 25.0 Å². The largest absolute Gasteiger partial charge is 0.485 e. The van der Waals surface area contributed by atoms with Gasteiger partial charge in [-0.25, -0.2) is 4.98 Å². The zero-order chi connectivity index (χ0) is 32.5. The number of anilines is 1. The van der Waals surface area contributed by atoms with Crippen molar-refractivity contribution in [3.63, 3.8) is 0 Å². The van der Waals surface area contributed by atoms with E-state index in [1.54, 1.807) is 55.6 Å². The summed E-state index contributed by atoms with van der Waals surface area (Å²) in [7, 11) is 1.56. The van der Waals surface area contributed by atoms with Gasteiger partial charge >= 0.3 is 0 Å². The Hall–Kier alpha value is -3.61. The normalized spacial score (nSPS) is 10.9. The van der Waals surface area contributed by atoms with Crippen LogP contribution < -0.4 is 20.3 Å². The highest BCUT2D eigenvalue weighted by molar-refractivity contribution is 9.10. The second-order valence-electron chi connectivity index (χ2n) is 9.78. The van der Waals surface area contributed by atoms with Crippen molar-refractivity contribution < 1.29 is 23.9 Å². The number of imidazole rings is 1. The number of halogens is 4. The van der Waals surface area contributed by atoms with E-state index >= 15 is 0 Å². The third kappa shape index (κ3) is 9.23. The van der Waals surface area contributed by atoms with Gasteiger partial charge in [0.2, 0.25) is 11.8 Å². The van der Waals surface area contributed by atoms with Crippen molar-refractivity contribution >= 4 is 86.7 Å². The molecule has 0 bridgehead atoms. The van der Waals surface area contributed by atoms with Gasteiger partial charge in [0, 0.05) is 48.6 Å². The molecule has 4 rings (SSSR count). The summed E-state index contributed by atoms with van der Waals surface area (Å²) in [5.41, 5.74) is 3.58. The quantitative estimate of drug-likeness (QED) is 0.123. The monoisotopic (exact) mass is 751 g/mol. The first-order valence-electron chi connectivity index (χ1n) is 14.0. The molecule has 0 unspecified atom stereocenters. The van der Waals surface area contributed by atoms with Crippen LogP contribution in [0.5, 0.6) is 5.75 Å². The highest BCUT2D eigenvalue weighted by Crippen LogP contribution is 2.35. The first-order chi connectivity index (χ1) is 21.6. The minimum absolute atomic E-state index is 0. The number of nitrogens with zero attached hydrogens (tertiary/aromatic N) is 3. The molecule has 2 aromatic heterocycles. The van der Waals surface area contributed by atoms with Crippen LogP contribution in [-0.4, -0.2) is 60.5 Å². The molecule has 0 saturated carbocycles. The molecule has 0 radical (unpaired) electrons. The maximum absolute atomic E-state index is 12.9. The topological polar surface area (TPSA) is 114 Å². The summed E-state index contributed by atoms with van der Waals surface area (Å²) in [5.74, 6) is -0.517. The third-order valence-electron chi connectivity index (χ3n) is 6.74. The summed E-state index contributed by atoms with van der Waals surface area (Å²) < 4.78 is 14.0. The Kier molecular flexibility index (Phi) is 13.9. The first kappa shape index (κ1) is 36.9. The van der Waals surface area contributed by atoms with Crippen LogP contribution in [0.4, 0.5) is 5.69 Å². The number of likely N-dealkylation sites (N-methyl/N-ethyl adjacent to an activating group) is 1. The number of rotatable bonds is 13. The third-order valence-corrected chi connectivity index (χ3v) is 8.47. The van der Waals surface area contributed by atoms with E-state index in [9.17, 15) is 14.4 Å². The van der Waals surface area contributed by atoms with Gasteiger partial charge in [0.15, 0.2) is 11.4 Å². The van der Waals surface area contributed by atoms with Crippen molar-refractivity contribution in [3.05, 3.63) is 97.8 Å². The molecule has 0 saturated heterocycles. The van der Waals surface area contributed by atoms with Gasteiger partial charge in [0.1, 0.15) is 11.2 Å². The molecule has 4 aromatic rings. The first-order valence-corrected chi connectivity index (χ1v) is 15.6. The highest BCUT2D eigenvalue weighted by Gasteiger charge is 2.20. The van der Waals surface area contributed by atoms with Crippen molar-refractivity contribution in [1.29, 1.82) is 0 Å². The van der Waals surface area contributed by atoms with Crippen LogP contribution in [0.2, 0.25) is 10.0 Å². The molecule has 0 aliphatic carbocycles. The van der Waals surface area contributed by atoms with Crippen LogP contribution >= 0.6 is 51.5 Å². The maximum atomic E-state index is 12.9. The molecule has 10 nitrogen and oxygen atoms in total. The van der Waals surface area contributed by atoms with E-state index in [2.05, 4.69) is 31.5 Å². The van der Waals surface area contributed by atoms with Crippen molar-refractivity contribution in [1.82, 2.24) is 20.0 Å². The number of nitrogens with one attached hydrogen (secondary N) is 2. The van der Waals surface area contributed by atoms with Gasteiger partial charge in [-0.1, -0.05) is 35.3 Å². The second kappa shape index (κ2) is 17.3. The lowest BCUT2D eigenvalue weighted by Gasteiger charge is -2.21. The highest BCUT2D eigenvalue weighted by atomic mass is 79.9. The molecule has 0 aliphatic rings. The molecule has 0 atom stereocenters. The lowest BCUT2D eigenvalue weighted by atomic mass is 10.1. The Morgan fingerprint density at radius 1 is 1.09 bits per heavy atom. The Morgan fingerprint density at radius 2 is 1.83 bits per heavy atom. The summed E-state index contributed by atoms with van der Waals surface area (Å²) in [4.78, 5) is 43.4. The Morgan fingerprint density at radius 3 is 2.54 bits per heavy atom. The zero-order valence-corrected chi connectivity index (χ0v) is 29.2. The molecule has 2 N–H and O–H groups in total. The molecule has 14 heteroatoms. The van der Waals surface area contributed by atoms with E-state index in [0.717, 1.165) is 10.3 Å². The maximum Gasteiger partial charge on any atom is 0.251 e. The number of pyridine rings is 1. The predicted molar refractivity (Wildman–Crippen MR) is 186 cm³/mol. The number of hydrogen-bond donors (Lipinski definition) is 2. The predicted octanol–water partition coefficient (Wildman–Crippen LogP) is 6.27. The van der Waals surface area contributed by atoms with Gasteiger partial charge in [-0.15, -0.1) is 12.4 Å². The molecule has 0 spiro atoms. The van der Waals surface area contributed by atoms with Crippen molar-refractivity contribution in [2.45, 2.75) is 20.5 Å². The zero-order valence-electron chi connectivity index (χ0n) is 25.3. The molecule has 46 heavy (non-hydrogen) atoms. The van der Waals surface area contributed by atoms with E-state index < -0.39 is 11.8 Å². The average Bonchev–Trinajstić information content (AvgIpc) is 3.34. The molecular weight excluding hydrogens is 721 g/mol. The van der Waals surface area contributed by atoms with Crippen molar-refractivity contribution in [3.8, 4) is 5.75 Å². The Labute approximate surface area is 291 Å². The number of carbonyl (C=O) groups is 3. The number of carbonyl (C=O) groups excluding carboxylic acids is 3. The number of aromatic nitrogens is 2. The van der Waals surface area contributed by atoms with Crippen LogP contribution in [0, 0.1) is 6.92 Å². The number of hydrogen-bond acceptors (Lipinski definition) is 6. The van der Waals surface area contributed by atoms with E-state index in [4.69, 9.17) is 32.7 Å². The number of amides is 3. The molecular formula is C32H33BrCl3N5O5. The molecule has 0 aliphatic heterocycles. The summed E-state index contributed by atoms with van der Waals surface area (Å²) in [5, 5.41) is 5.99. The molecule has 0 fully saturated rings. The molecule has 2 aromatic carbocycles. The fourth-order valence-corrected chi connectivity index (χ4v) is 5.22. The standard InChI is InChI=1S/C32H32BrCl2N5O5.ClH/c1-4-44-17-15-36-32(43)22-10-7-21(8-11-22)9-14-27(41)37-18-28(42)39(3)25-13-12-24(34)23(29(25)35)19-45-26-6-5-16-40-30(33)20(2)38-31(26)40;/h5-14,16H,4,15,17-19H2,1-3H3,(H,36,43)(H,37,41);1H. The van der Waals surface area contributed by atoms with E-state index in [-0.39, 0.29) is 36.5 Å². The SMILES string of the molecule is CCOCCNC(=O)c1ccc(C=CC(=O)NCC(=O)N(C)c2ccc(Cl)c(COc3cccn4c(Br)c(C)nc34)c2Cl)cc1.Cl. The van der Waals surface area contributed by atoms with Gasteiger partial charge in [-0.2, -0.15) is 0 Å². The van der Waals surface area contributed by atoms with Crippen LogP contribution in [0.15, 0.2) is 65.4 Å². The van der Waals surface area contributed by atoms with E-state index in [0.29, 0.717) is 58.6 Å². The molecule has 2 heterocycles. The lowest BCUT2D eigenvalue weighted by Crippen LogP contribution is -2.37. The van der Waals surface area contributed by atoms with Gasteiger partial charge in [-0.3, -0.25) is 18.8 Å². The molecule has 244 valence electrons. The summed E-state index contributed by atoms with van der Waals surface area (Å²) in [6, 6.07) is 13.7. The fraction of sp³-hybridized carbons (Fsp3) is 0.250. The van der Waals surface area contributed by atoms with Crippen molar-refractivity contribution in [2.75, 3.05) is 38.3 Å². The average molecular weight is 754 g/mol. The van der Waals surface area contributed by atoms with Crippen molar-refractivity contribution in [2.24, 2.45) is 0 Å². The lowest BCUT2D eigenvalue weighted by molar-refractivity contribution is -0.122. The number of aryl methyl sites for hydroxylation is 1. The van der Waals surface area contributed by atoms with Crippen LogP contribution in [-0.2, 0) is 20.9 Å². The van der Waals surface area contributed by atoms with Crippen LogP contribution in [0.3, 0.4) is 0 Å². The fourth-order valence-electron chi connectivity index (χ4n) is 4.24. The second-order valence-corrected chi connectivity index (χ2v) is 11.3. The molecule has 3 amide bonds. The number of benzene rings is 2. The summed E-state index contributed by atoms with van der Waals surface area (Å²) in [6.45, 7) is 5.01. The van der Waals surface area contributed by atoms with Gasteiger partial charge in [0.05, 0.1) is 29.6 Å². The van der Waals surface area contributed by atoms with E-state index in [1.807, 2.05) is 30.5 Å². The van der Waals surface area contributed by atoms with Crippen LogP contribution in [0.25, 0.3) is 11.7 Å². The Balaban J connectivity index is 0.00000576. The van der Waals surface area contributed by atoms with Gasteiger partial charge in [-0.05, 0) is 77.8 Å². The minimum Gasteiger partial charge on any atom is -0.485 e. The smallest absolute Gasteiger partial charge is 0.251 e. The summed E-state index contributed by atoms with van der Waals surface area (Å²) >= 11 is 16.7. The van der Waals surface area contributed by atoms with Crippen LogP contribution in [0.1, 0.15) is 34.1 Å².